The number of primary amides is 1. The van der Waals surface area contributed by atoms with Crippen LogP contribution in [0.2, 0.25) is 0 Å². The van der Waals surface area contributed by atoms with Crippen LogP contribution in [0.5, 0.6) is 0 Å². The van der Waals surface area contributed by atoms with Gasteiger partial charge in [-0.2, -0.15) is 0 Å². The first-order valence-electron chi connectivity index (χ1n) is 7.17. The molecule has 1 aliphatic rings. The summed E-state index contributed by atoms with van der Waals surface area (Å²) in [4.78, 5) is 37.7. The van der Waals surface area contributed by atoms with Crippen molar-refractivity contribution in [3.8, 4) is 0 Å². The Hall–Kier alpha value is -1.69. The van der Waals surface area contributed by atoms with Crippen LogP contribution in [-0.4, -0.2) is 35.6 Å². The van der Waals surface area contributed by atoms with Crippen LogP contribution in [0, 0.1) is 5.92 Å². The lowest BCUT2D eigenvalue weighted by atomic mass is 9.92. The van der Waals surface area contributed by atoms with Crippen LogP contribution in [-0.2, 0) is 16.0 Å². The molecule has 1 aromatic rings. The lowest BCUT2D eigenvalue weighted by Gasteiger charge is -2.36. The average molecular weight is 308 g/mol. The number of rotatable bonds is 6. The molecule has 0 radical (unpaired) electrons. The Morgan fingerprint density at radius 2 is 2.33 bits per heavy atom. The van der Waals surface area contributed by atoms with E-state index in [1.54, 1.807) is 4.90 Å². The maximum atomic E-state index is 12.0. The van der Waals surface area contributed by atoms with Crippen molar-refractivity contribution >= 4 is 29.4 Å². The molecule has 1 saturated heterocycles. The molecule has 5 nitrogen and oxygen atoms in total. The summed E-state index contributed by atoms with van der Waals surface area (Å²) in [7, 11) is 0. The molecule has 6 heteroatoms. The maximum Gasteiger partial charge on any atom is 0.240 e. The number of amides is 2. The number of nitrogens with zero attached hydrogens (tertiary/aromatic N) is 1. The summed E-state index contributed by atoms with van der Waals surface area (Å²) in [6.45, 7) is 2.43. The lowest BCUT2D eigenvalue weighted by Crippen LogP contribution is -2.51. The van der Waals surface area contributed by atoms with Crippen molar-refractivity contribution in [3.63, 3.8) is 0 Å². The Balaban J connectivity index is 2.04. The standard InChI is InChI=1S/C15H20N2O3S/c1-2-13(15(16)20)17-8-10(3-6-14(17)19)7-11-4-5-12(9-18)21-11/h4-5,9-10,13H,2-3,6-8H2,1H3,(H2,16,20). The molecule has 0 saturated carbocycles. The molecule has 2 N–H and O–H groups in total. The van der Waals surface area contributed by atoms with Gasteiger partial charge in [-0.3, -0.25) is 14.4 Å². The number of hydrogen-bond acceptors (Lipinski definition) is 4. The van der Waals surface area contributed by atoms with Gasteiger partial charge in [0.15, 0.2) is 6.29 Å². The molecule has 2 amide bonds. The molecule has 0 aliphatic carbocycles. The highest BCUT2D eigenvalue weighted by Gasteiger charge is 2.32. The van der Waals surface area contributed by atoms with Crippen molar-refractivity contribution in [1.29, 1.82) is 0 Å². The molecule has 2 rings (SSSR count). The van der Waals surface area contributed by atoms with Crippen LogP contribution in [0.3, 0.4) is 0 Å². The summed E-state index contributed by atoms with van der Waals surface area (Å²) in [5.74, 6) is -0.114. The third kappa shape index (κ3) is 3.69. The predicted octanol–water partition coefficient (Wildman–Crippen LogP) is 1.61. The zero-order chi connectivity index (χ0) is 15.4. The number of hydrogen-bond donors (Lipinski definition) is 1. The SMILES string of the molecule is CCC(C(N)=O)N1CC(Cc2ccc(C=O)s2)CCC1=O. The molecule has 21 heavy (non-hydrogen) atoms. The molecule has 0 bridgehead atoms. The summed E-state index contributed by atoms with van der Waals surface area (Å²) in [6.07, 6.45) is 3.50. The second kappa shape index (κ2) is 6.85. The Kier molecular flexibility index (Phi) is 5.12. The minimum atomic E-state index is -0.505. The van der Waals surface area contributed by atoms with Gasteiger partial charge in [0, 0.05) is 17.8 Å². The number of likely N-dealkylation sites (tertiary alicyclic amines) is 1. The average Bonchev–Trinajstić information content (AvgIpc) is 2.90. The normalized spacial score (nSPS) is 20.3. The summed E-state index contributed by atoms with van der Waals surface area (Å²) in [5.41, 5.74) is 5.39. The van der Waals surface area contributed by atoms with Gasteiger partial charge in [-0.1, -0.05) is 6.92 Å². The fraction of sp³-hybridized carbons (Fsp3) is 0.533. The number of piperidine rings is 1. The van der Waals surface area contributed by atoms with Crippen molar-refractivity contribution in [1.82, 2.24) is 4.90 Å². The molecule has 2 heterocycles. The van der Waals surface area contributed by atoms with Gasteiger partial charge in [-0.25, -0.2) is 0 Å². The number of nitrogens with two attached hydrogens (primary N) is 1. The molecule has 114 valence electrons. The minimum absolute atomic E-state index is 0.0108. The van der Waals surface area contributed by atoms with Crippen LogP contribution < -0.4 is 5.73 Å². The van der Waals surface area contributed by atoms with Gasteiger partial charge >= 0.3 is 0 Å². The van der Waals surface area contributed by atoms with E-state index >= 15 is 0 Å². The molecular formula is C15H20N2O3S. The van der Waals surface area contributed by atoms with Gasteiger partial charge in [-0.15, -0.1) is 11.3 Å². The third-order valence-corrected chi connectivity index (χ3v) is 4.95. The van der Waals surface area contributed by atoms with E-state index in [4.69, 9.17) is 5.73 Å². The predicted molar refractivity (Wildman–Crippen MR) is 81.1 cm³/mol. The zero-order valence-electron chi connectivity index (χ0n) is 12.1. The molecule has 2 atom stereocenters. The Morgan fingerprint density at radius 1 is 1.57 bits per heavy atom. The second-order valence-corrected chi connectivity index (χ2v) is 6.60. The van der Waals surface area contributed by atoms with Crippen molar-refractivity contribution in [2.45, 2.75) is 38.6 Å². The van der Waals surface area contributed by atoms with E-state index in [0.29, 0.717) is 25.3 Å². The quantitative estimate of drug-likeness (QED) is 0.811. The van der Waals surface area contributed by atoms with Gasteiger partial charge in [0.05, 0.1) is 4.88 Å². The topological polar surface area (TPSA) is 80.5 Å². The first-order chi connectivity index (χ1) is 10.0. The van der Waals surface area contributed by atoms with Crippen molar-refractivity contribution < 1.29 is 14.4 Å². The largest absolute Gasteiger partial charge is 0.368 e. The Morgan fingerprint density at radius 3 is 2.90 bits per heavy atom. The Labute approximate surface area is 128 Å². The van der Waals surface area contributed by atoms with Crippen molar-refractivity contribution in [2.75, 3.05) is 6.54 Å². The highest BCUT2D eigenvalue weighted by Crippen LogP contribution is 2.26. The summed E-state index contributed by atoms with van der Waals surface area (Å²) < 4.78 is 0. The van der Waals surface area contributed by atoms with Gasteiger partial charge in [0.25, 0.3) is 0 Å². The smallest absolute Gasteiger partial charge is 0.240 e. The second-order valence-electron chi connectivity index (χ2n) is 5.40. The van der Waals surface area contributed by atoms with E-state index in [1.165, 1.54) is 11.3 Å². The van der Waals surface area contributed by atoms with Gasteiger partial charge in [0.1, 0.15) is 6.04 Å². The Bertz CT molecular complexity index is 541. The van der Waals surface area contributed by atoms with E-state index in [-0.39, 0.29) is 5.91 Å². The van der Waals surface area contributed by atoms with E-state index in [1.807, 2.05) is 19.1 Å². The lowest BCUT2D eigenvalue weighted by molar-refractivity contribution is -0.143. The fourth-order valence-electron chi connectivity index (χ4n) is 2.84. The molecule has 0 spiro atoms. The van der Waals surface area contributed by atoms with E-state index in [2.05, 4.69) is 0 Å². The van der Waals surface area contributed by atoms with E-state index in [0.717, 1.165) is 28.9 Å². The maximum absolute atomic E-state index is 12.0. The van der Waals surface area contributed by atoms with Crippen molar-refractivity contribution in [3.05, 3.63) is 21.9 Å². The molecule has 1 aliphatic heterocycles. The number of carbonyl (C=O) groups is 3. The summed E-state index contributed by atoms with van der Waals surface area (Å²) >= 11 is 1.49. The van der Waals surface area contributed by atoms with Crippen LogP contribution in [0.15, 0.2) is 12.1 Å². The number of thiophene rings is 1. The molecule has 1 fully saturated rings. The van der Waals surface area contributed by atoms with E-state index < -0.39 is 11.9 Å². The van der Waals surface area contributed by atoms with Crippen molar-refractivity contribution in [2.24, 2.45) is 11.7 Å². The summed E-state index contributed by atoms with van der Waals surface area (Å²) in [6, 6.07) is 3.27. The van der Waals surface area contributed by atoms with Crippen LogP contribution in [0.25, 0.3) is 0 Å². The monoisotopic (exact) mass is 308 g/mol. The number of aldehydes is 1. The van der Waals surface area contributed by atoms with E-state index in [9.17, 15) is 14.4 Å². The molecule has 0 aromatic carbocycles. The van der Waals surface area contributed by atoms with Gasteiger partial charge in [0.2, 0.25) is 11.8 Å². The van der Waals surface area contributed by atoms with Crippen LogP contribution >= 0.6 is 11.3 Å². The van der Waals surface area contributed by atoms with Gasteiger partial charge in [-0.05, 0) is 37.3 Å². The minimum Gasteiger partial charge on any atom is -0.368 e. The molecular weight excluding hydrogens is 288 g/mol. The zero-order valence-corrected chi connectivity index (χ0v) is 12.9. The van der Waals surface area contributed by atoms with Crippen LogP contribution in [0.4, 0.5) is 0 Å². The van der Waals surface area contributed by atoms with Crippen LogP contribution in [0.1, 0.15) is 40.7 Å². The highest BCUT2D eigenvalue weighted by molar-refractivity contribution is 7.13. The summed E-state index contributed by atoms with van der Waals surface area (Å²) in [5, 5.41) is 0. The first-order valence-corrected chi connectivity index (χ1v) is 7.99. The molecule has 2 unspecified atom stereocenters. The first kappa shape index (κ1) is 15.7. The highest BCUT2D eigenvalue weighted by atomic mass is 32.1. The van der Waals surface area contributed by atoms with Gasteiger partial charge < -0.3 is 10.6 Å². The fourth-order valence-corrected chi connectivity index (χ4v) is 3.78. The molecule has 1 aromatic heterocycles. The number of carbonyl (C=O) groups excluding carboxylic acids is 3. The third-order valence-electron chi connectivity index (χ3n) is 3.92.